The van der Waals surface area contributed by atoms with Crippen molar-refractivity contribution in [1.29, 1.82) is 5.26 Å². The number of unbranched alkanes of at least 4 members (excludes halogenated alkanes) is 2. The summed E-state index contributed by atoms with van der Waals surface area (Å²) in [4.78, 5) is 9.50. The summed E-state index contributed by atoms with van der Waals surface area (Å²) >= 11 is 0. The Morgan fingerprint density at radius 1 is 0.967 bits per heavy atom. The van der Waals surface area contributed by atoms with Gasteiger partial charge in [-0.25, -0.2) is 9.97 Å². The van der Waals surface area contributed by atoms with Crippen molar-refractivity contribution in [3.8, 4) is 17.5 Å². The van der Waals surface area contributed by atoms with Crippen molar-refractivity contribution >= 4 is 22.5 Å². The summed E-state index contributed by atoms with van der Waals surface area (Å²) in [5.41, 5.74) is 8.89. The molecule has 0 saturated carbocycles. The first-order chi connectivity index (χ1) is 14.8. The number of rotatable bonds is 8. The van der Waals surface area contributed by atoms with Gasteiger partial charge in [0.25, 0.3) is 0 Å². The molecule has 30 heavy (non-hydrogen) atoms. The first-order valence-corrected chi connectivity index (χ1v) is 10.0. The van der Waals surface area contributed by atoms with Crippen molar-refractivity contribution in [2.75, 3.05) is 17.6 Å². The number of aromatic amines is 1. The zero-order chi connectivity index (χ0) is 20.8. The Bertz CT molecular complexity index is 1180. The van der Waals surface area contributed by atoms with Crippen LogP contribution in [0.2, 0.25) is 0 Å². The molecule has 7 nitrogen and oxygen atoms in total. The number of aromatic nitrogens is 4. The van der Waals surface area contributed by atoms with E-state index in [2.05, 4.69) is 21.6 Å². The number of nitrogens with one attached hydrogen (secondary N) is 2. The van der Waals surface area contributed by atoms with Gasteiger partial charge in [0.1, 0.15) is 17.5 Å². The number of hydrogen-bond acceptors (Lipinski definition) is 6. The van der Waals surface area contributed by atoms with E-state index < -0.39 is 0 Å². The lowest BCUT2D eigenvalue weighted by molar-refractivity contribution is 0.687. The highest BCUT2D eigenvalue weighted by Gasteiger charge is 2.10. The van der Waals surface area contributed by atoms with Gasteiger partial charge < -0.3 is 11.1 Å². The maximum Gasteiger partial charge on any atom is 0.163 e. The maximum absolute atomic E-state index is 9.13. The third kappa shape index (κ3) is 4.23. The maximum atomic E-state index is 9.13. The number of fused-ring (bicyclic) bond motifs is 1. The van der Waals surface area contributed by atoms with Gasteiger partial charge in [-0.05, 0) is 31.4 Å². The van der Waals surface area contributed by atoms with Crippen molar-refractivity contribution in [2.45, 2.75) is 25.7 Å². The molecule has 150 valence electrons. The molecule has 0 amide bonds. The van der Waals surface area contributed by atoms with Gasteiger partial charge in [-0.3, -0.25) is 5.10 Å². The largest absolute Gasteiger partial charge is 0.381 e. The highest BCUT2D eigenvalue weighted by molar-refractivity contribution is 5.90. The van der Waals surface area contributed by atoms with E-state index >= 15 is 0 Å². The number of nitriles is 1. The lowest BCUT2D eigenvalue weighted by Crippen LogP contribution is -2.06. The Hall–Kier alpha value is -3.92. The number of hydrogen-bond donors (Lipinski definition) is 3. The van der Waals surface area contributed by atoms with Crippen LogP contribution < -0.4 is 11.1 Å². The number of aryl methyl sites for hydroxylation is 1. The van der Waals surface area contributed by atoms with Crippen LogP contribution in [0.15, 0.2) is 54.6 Å². The van der Waals surface area contributed by atoms with E-state index in [1.54, 1.807) is 0 Å². The van der Waals surface area contributed by atoms with Gasteiger partial charge in [-0.15, -0.1) is 0 Å². The molecule has 4 N–H and O–H groups in total. The van der Waals surface area contributed by atoms with Crippen LogP contribution in [0.4, 0.5) is 11.6 Å². The second-order valence-electron chi connectivity index (χ2n) is 7.09. The summed E-state index contributed by atoms with van der Waals surface area (Å²) in [6, 6.07) is 20.2. The number of anilines is 2. The summed E-state index contributed by atoms with van der Waals surface area (Å²) < 4.78 is 0. The molecule has 0 unspecified atom stereocenters. The monoisotopic (exact) mass is 397 g/mol. The number of nitrogens with zero attached hydrogens (tertiary/aromatic N) is 4. The van der Waals surface area contributed by atoms with E-state index in [0.717, 1.165) is 66.0 Å². The zero-order valence-electron chi connectivity index (χ0n) is 16.6. The van der Waals surface area contributed by atoms with Gasteiger partial charge in [0.15, 0.2) is 11.6 Å². The Kier molecular flexibility index (Phi) is 5.85. The van der Waals surface area contributed by atoms with Crippen LogP contribution in [0, 0.1) is 11.3 Å². The molecule has 0 radical (unpaired) electrons. The number of benzene rings is 2. The molecule has 0 aliphatic heterocycles. The average molecular weight is 397 g/mol. The summed E-state index contributed by atoms with van der Waals surface area (Å²) in [5, 5.41) is 20.4. The Morgan fingerprint density at radius 2 is 1.77 bits per heavy atom. The lowest BCUT2D eigenvalue weighted by atomic mass is 10.1. The average Bonchev–Trinajstić information content (AvgIpc) is 3.15. The van der Waals surface area contributed by atoms with E-state index in [4.69, 9.17) is 21.0 Å². The molecular weight excluding hydrogens is 374 g/mol. The van der Waals surface area contributed by atoms with Crippen LogP contribution in [0.5, 0.6) is 0 Å². The van der Waals surface area contributed by atoms with Crippen LogP contribution in [-0.2, 0) is 6.42 Å². The topological polar surface area (TPSA) is 116 Å². The molecule has 2 aromatic carbocycles. The van der Waals surface area contributed by atoms with Crippen molar-refractivity contribution < 1.29 is 0 Å². The molecule has 0 fully saturated rings. The minimum Gasteiger partial charge on any atom is -0.381 e. The third-order valence-electron chi connectivity index (χ3n) is 5.01. The predicted molar refractivity (Wildman–Crippen MR) is 119 cm³/mol. The van der Waals surface area contributed by atoms with Crippen LogP contribution in [0.3, 0.4) is 0 Å². The molecule has 2 heterocycles. The predicted octanol–water partition coefficient (Wildman–Crippen LogP) is 4.30. The Balaban J connectivity index is 1.38. The van der Waals surface area contributed by atoms with Crippen LogP contribution in [0.1, 0.15) is 30.5 Å². The summed E-state index contributed by atoms with van der Waals surface area (Å²) in [6.45, 7) is 0.811. The van der Waals surface area contributed by atoms with E-state index in [0.29, 0.717) is 5.56 Å². The normalized spacial score (nSPS) is 10.8. The first-order valence-electron chi connectivity index (χ1n) is 10.0. The molecule has 4 rings (SSSR count). The highest BCUT2D eigenvalue weighted by atomic mass is 15.2. The number of nitrogens with two attached hydrogens (primary N) is 1. The van der Waals surface area contributed by atoms with Gasteiger partial charge in [-0.2, -0.15) is 10.4 Å². The second-order valence-corrected chi connectivity index (χ2v) is 7.09. The van der Waals surface area contributed by atoms with Crippen molar-refractivity contribution in [1.82, 2.24) is 20.2 Å². The van der Waals surface area contributed by atoms with Crippen molar-refractivity contribution in [3.05, 3.63) is 65.9 Å². The number of nitrogen functional groups attached to an aromatic ring is 1. The molecule has 0 atom stereocenters. The molecule has 0 aliphatic carbocycles. The van der Waals surface area contributed by atoms with Gasteiger partial charge >= 0.3 is 0 Å². The molecule has 0 bridgehead atoms. The molecular formula is C23H23N7. The molecule has 4 aromatic rings. The zero-order valence-corrected chi connectivity index (χ0v) is 16.6. The fourth-order valence-electron chi connectivity index (χ4n) is 3.44. The highest BCUT2D eigenvalue weighted by Crippen LogP contribution is 2.25. The summed E-state index contributed by atoms with van der Waals surface area (Å²) in [6.07, 6.45) is 3.73. The summed E-state index contributed by atoms with van der Waals surface area (Å²) in [7, 11) is 0. The molecule has 0 saturated heterocycles. The van der Waals surface area contributed by atoms with Crippen LogP contribution >= 0.6 is 0 Å². The fraction of sp³-hybridized carbons (Fsp3) is 0.217. The lowest BCUT2D eigenvalue weighted by Gasteiger charge is -2.11. The fourth-order valence-corrected chi connectivity index (χ4v) is 3.44. The van der Waals surface area contributed by atoms with E-state index in [-0.39, 0.29) is 5.82 Å². The minimum absolute atomic E-state index is 0.277. The second kappa shape index (κ2) is 9.05. The Labute approximate surface area is 175 Å². The molecule has 0 spiro atoms. The van der Waals surface area contributed by atoms with E-state index in [1.165, 1.54) is 0 Å². The quantitative estimate of drug-likeness (QED) is 0.382. The first kappa shape index (κ1) is 19.4. The van der Waals surface area contributed by atoms with Crippen LogP contribution in [0.25, 0.3) is 22.3 Å². The van der Waals surface area contributed by atoms with E-state index in [1.807, 2.05) is 54.6 Å². The third-order valence-corrected chi connectivity index (χ3v) is 5.01. The SMILES string of the molecule is N#Cc1c(N)n[nH]c1CCCCCNc1nc(-c2ccccc2)nc2ccccc12. The summed E-state index contributed by atoms with van der Waals surface area (Å²) in [5.74, 6) is 1.85. The molecule has 7 heteroatoms. The van der Waals surface area contributed by atoms with Gasteiger partial charge in [-0.1, -0.05) is 48.9 Å². The number of H-pyrrole nitrogens is 1. The minimum atomic E-state index is 0.277. The number of para-hydroxylation sites is 1. The molecule has 2 aromatic heterocycles. The standard InChI is InChI=1S/C23H23N7/c24-15-18-20(29-30-21(18)25)13-5-2-8-14-26-23-17-11-6-7-12-19(17)27-22(28-23)16-9-3-1-4-10-16/h1,3-4,6-7,9-12H,2,5,8,13-14H2,(H3,25,29,30)(H,26,27,28). The van der Waals surface area contributed by atoms with Crippen molar-refractivity contribution in [2.24, 2.45) is 0 Å². The van der Waals surface area contributed by atoms with Crippen molar-refractivity contribution in [3.63, 3.8) is 0 Å². The van der Waals surface area contributed by atoms with Crippen LogP contribution in [-0.4, -0.2) is 26.7 Å². The van der Waals surface area contributed by atoms with Gasteiger partial charge in [0.05, 0.1) is 11.2 Å². The van der Waals surface area contributed by atoms with E-state index in [9.17, 15) is 0 Å². The van der Waals surface area contributed by atoms with Gasteiger partial charge in [0, 0.05) is 17.5 Å². The smallest absolute Gasteiger partial charge is 0.163 e. The van der Waals surface area contributed by atoms with Gasteiger partial charge in [0.2, 0.25) is 0 Å². The Morgan fingerprint density at radius 3 is 2.60 bits per heavy atom. The molecule has 0 aliphatic rings.